The second-order valence-corrected chi connectivity index (χ2v) is 13.8. The second kappa shape index (κ2) is 19.9. The molecule has 0 spiro atoms. The summed E-state index contributed by atoms with van der Waals surface area (Å²) in [5, 5.41) is 21.5. The Morgan fingerprint density at radius 2 is 1.26 bits per heavy atom. The number of carbonyl (C=O) groups is 1. The van der Waals surface area contributed by atoms with Crippen molar-refractivity contribution in [2.24, 2.45) is 10.2 Å². The average Bonchev–Trinajstić information content (AvgIpc) is 2.90. The zero-order chi connectivity index (χ0) is 28.3. The summed E-state index contributed by atoms with van der Waals surface area (Å²) in [7, 11) is -3.98. The fourth-order valence-electron chi connectivity index (χ4n) is 6.00. The number of nitrogens with one attached hydrogen (secondary N) is 1. The number of hydrogen-bond acceptors (Lipinski definition) is 6. The van der Waals surface area contributed by atoms with E-state index in [9.17, 15) is 22.9 Å². The van der Waals surface area contributed by atoms with Crippen molar-refractivity contribution in [1.29, 1.82) is 0 Å². The van der Waals surface area contributed by atoms with Crippen molar-refractivity contribution in [1.82, 2.24) is 5.32 Å². The molecule has 228 valence electrons. The van der Waals surface area contributed by atoms with Gasteiger partial charge in [-0.3, -0.25) is 9.35 Å². The van der Waals surface area contributed by atoms with Gasteiger partial charge in [-0.25, -0.2) is 0 Å². The van der Waals surface area contributed by atoms with Crippen molar-refractivity contribution in [3.63, 3.8) is 0 Å². The third kappa shape index (κ3) is 15.5. The fraction of sp³-hybridized carbons (Fsp3) is 0.967. The number of azo groups is 1. The molecule has 3 unspecified atom stereocenters. The van der Waals surface area contributed by atoms with Gasteiger partial charge in [0, 0.05) is 6.42 Å². The normalized spacial score (nSPS) is 26.2. The molecule has 0 saturated heterocycles. The Hall–Kier alpha value is -1.06. The molecule has 0 bridgehead atoms. The van der Waals surface area contributed by atoms with Gasteiger partial charge in [-0.15, -0.1) is 0 Å². The van der Waals surface area contributed by atoms with Crippen LogP contribution in [0.5, 0.6) is 0 Å². The number of hydrogen-bond donors (Lipinski definition) is 3. The van der Waals surface area contributed by atoms with Gasteiger partial charge in [0.25, 0.3) is 10.1 Å². The first-order valence-corrected chi connectivity index (χ1v) is 17.6. The lowest BCUT2D eigenvalue weighted by molar-refractivity contribution is -0.122. The SMILES string of the molecule is CCCCCCCCCCCCCCCCCC(=O)NC1CC(O)CCC1N=NC1CCC(S(=O)(=O)O)CC1. The molecule has 2 saturated carbocycles. The molecule has 39 heavy (non-hydrogen) atoms. The van der Waals surface area contributed by atoms with Gasteiger partial charge in [-0.1, -0.05) is 96.8 Å². The molecule has 9 heteroatoms. The second-order valence-electron chi connectivity index (χ2n) is 12.1. The first kappa shape index (κ1) is 34.1. The summed E-state index contributed by atoms with van der Waals surface area (Å²) in [4.78, 5) is 12.6. The van der Waals surface area contributed by atoms with Gasteiger partial charge in [-0.2, -0.15) is 18.6 Å². The van der Waals surface area contributed by atoms with Gasteiger partial charge in [-0.05, 0) is 51.4 Å². The lowest BCUT2D eigenvalue weighted by atomic mass is 9.88. The van der Waals surface area contributed by atoms with Crippen LogP contribution in [0.25, 0.3) is 0 Å². The zero-order valence-electron chi connectivity index (χ0n) is 24.6. The van der Waals surface area contributed by atoms with Crippen molar-refractivity contribution >= 4 is 16.0 Å². The van der Waals surface area contributed by atoms with E-state index in [4.69, 9.17) is 0 Å². The summed E-state index contributed by atoms with van der Waals surface area (Å²) in [6.45, 7) is 2.27. The molecule has 0 aromatic carbocycles. The Bertz CT molecular complexity index is 783. The zero-order valence-corrected chi connectivity index (χ0v) is 25.4. The predicted molar refractivity (Wildman–Crippen MR) is 158 cm³/mol. The quantitative estimate of drug-likeness (QED) is 0.0802. The van der Waals surface area contributed by atoms with Crippen LogP contribution >= 0.6 is 0 Å². The van der Waals surface area contributed by atoms with E-state index >= 15 is 0 Å². The van der Waals surface area contributed by atoms with Crippen LogP contribution in [0.3, 0.4) is 0 Å². The van der Waals surface area contributed by atoms with Crippen LogP contribution in [0, 0.1) is 0 Å². The van der Waals surface area contributed by atoms with Crippen molar-refractivity contribution < 1.29 is 22.9 Å². The van der Waals surface area contributed by atoms with E-state index in [1.807, 2.05) is 0 Å². The third-order valence-corrected chi connectivity index (χ3v) is 9.90. The standard InChI is InChI=1S/C30H57N3O5S/c1-2-3-4-5-6-7-8-9-10-11-12-13-14-15-16-17-30(35)31-29-24-26(34)20-23-28(29)33-32-25-18-21-27(22-19-25)39(36,37)38/h25-29,34H,2-24H2,1H3,(H,31,35)(H,36,37,38). The molecule has 2 aliphatic rings. The van der Waals surface area contributed by atoms with Crippen molar-refractivity contribution in [3.8, 4) is 0 Å². The molecule has 2 fully saturated rings. The van der Waals surface area contributed by atoms with Crippen LogP contribution < -0.4 is 5.32 Å². The highest BCUT2D eigenvalue weighted by molar-refractivity contribution is 7.86. The molecule has 0 aliphatic heterocycles. The number of rotatable bonds is 20. The van der Waals surface area contributed by atoms with Crippen LogP contribution in [0.1, 0.15) is 155 Å². The van der Waals surface area contributed by atoms with E-state index in [0.717, 1.165) is 12.8 Å². The molecule has 0 aromatic heterocycles. The van der Waals surface area contributed by atoms with Crippen molar-refractivity contribution in [2.75, 3.05) is 0 Å². The van der Waals surface area contributed by atoms with Crippen LogP contribution in [0.2, 0.25) is 0 Å². The fourth-order valence-corrected chi connectivity index (χ4v) is 6.87. The molecule has 3 atom stereocenters. The minimum atomic E-state index is -3.98. The number of nitrogens with zero attached hydrogens (tertiary/aromatic N) is 2. The maximum absolute atomic E-state index is 12.6. The Kier molecular flexibility index (Phi) is 17.4. The Morgan fingerprint density at radius 3 is 1.77 bits per heavy atom. The molecule has 8 nitrogen and oxygen atoms in total. The first-order chi connectivity index (χ1) is 18.8. The highest BCUT2D eigenvalue weighted by atomic mass is 32.2. The smallest absolute Gasteiger partial charge is 0.267 e. The predicted octanol–water partition coefficient (Wildman–Crippen LogP) is 7.30. The topological polar surface area (TPSA) is 128 Å². The molecular formula is C30H57N3O5S. The van der Waals surface area contributed by atoms with Crippen LogP contribution in [0.15, 0.2) is 10.2 Å². The monoisotopic (exact) mass is 571 g/mol. The van der Waals surface area contributed by atoms with Gasteiger partial charge in [0.05, 0.1) is 29.5 Å². The van der Waals surface area contributed by atoms with Gasteiger partial charge < -0.3 is 10.4 Å². The maximum Gasteiger partial charge on any atom is 0.267 e. The molecule has 1 amide bonds. The van der Waals surface area contributed by atoms with E-state index in [-0.39, 0.29) is 24.0 Å². The summed E-state index contributed by atoms with van der Waals surface area (Å²) in [6.07, 6.45) is 23.3. The number of aliphatic hydroxyl groups is 1. The Morgan fingerprint density at radius 1 is 0.744 bits per heavy atom. The van der Waals surface area contributed by atoms with Crippen LogP contribution in [-0.4, -0.2) is 53.5 Å². The van der Waals surface area contributed by atoms with Gasteiger partial charge in [0.2, 0.25) is 5.91 Å². The molecule has 2 rings (SSSR count). The van der Waals surface area contributed by atoms with E-state index < -0.39 is 21.5 Å². The van der Waals surface area contributed by atoms with Gasteiger partial charge >= 0.3 is 0 Å². The van der Waals surface area contributed by atoms with E-state index in [0.29, 0.717) is 51.4 Å². The van der Waals surface area contributed by atoms with Gasteiger partial charge in [0.15, 0.2) is 0 Å². The van der Waals surface area contributed by atoms with Crippen LogP contribution in [0.4, 0.5) is 0 Å². The minimum Gasteiger partial charge on any atom is -0.393 e. The van der Waals surface area contributed by atoms with E-state index in [1.54, 1.807) is 0 Å². The molecular weight excluding hydrogens is 514 g/mol. The Balaban J connectivity index is 1.53. The lowest BCUT2D eigenvalue weighted by Crippen LogP contribution is -2.47. The maximum atomic E-state index is 12.6. The minimum absolute atomic E-state index is 0.0256. The highest BCUT2D eigenvalue weighted by Gasteiger charge is 2.32. The first-order valence-electron chi connectivity index (χ1n) is 16.1. The molecule has 0 radical (unpaired) electrons. The lowest BCUT2D eigenvalue weighted by Gasteiger charge is -2.32. The van der Waals surface area contributed by atoms with E-state index in [2.05, 4.69) is 22.5 Å². The summed E-state index contributed by atoms with van der Waals surface area (Å²) >= 11 is 0. The summed E-state index contributed by atoms with van der Waals surface area (Å²) in [5.74, 6) is 0.0256. The van der Waals surface area contributed by atoms with Crippen molar-refractivity contribution in [3.05, 3.63) is 0 Å². The largest absolute Gasteiger partial charge is 0.393 e. The summed E-state index contributed by atoms with van der Waals surface area (Å²) in [5.41, 5.74) is 0. The molecule has 3 N–H and O–H groups in total. The number of amides is 1. The number of carbonyl (C=O) groups excluding carboxylic acids is 1. The molecule has 0 aromatic rings. The summed E-state index contributed by atoms with van der Waals surface area (Å²) < 4.78 is 31.9. The van der Waals surface area contributed by atoms with E-state index in [1.165, 1.54) is 83.5 Å². The average molecular weight is 572 g/mol. The summed E-state index contributed by atoms with van der Waals surface area (Å²) in [6, 6.07) is -0.417. The number of aliphatic hydroxyl groups excluding tert-OH is 1. The number of unbranched alkanes of at least 4 members (excludes halogenated alkanes) is 14. The highest BCUT2D eigenvalue weighted by Crippen LogP contribution is 2.28. The third-order valence-electron chi connectivity index (χ3n) is 8.58. The van der Waals surface area contributed by atoms with Gasteiger partial charge in [0.1, 0.15) is 0 Å². The van der Waals surface area contributed by atoms with Crippen molar-refractivity contribution in [2.45, 2.75) is 184 Å². The van der Waals surface area contributed by atoms with Crippen LogP contribution in [-0.2, 0) is 14.9 Å². The molecule has 2 aliphatic carbocycles. The molecule has 0 heterocycles. The Labute approximate surface area is 238 Å².